The molecule has 0 aliphatic heterocycles. The van der Waals surface area contributed by atoms with Gasteiger partial charge in [-0.3, -0.25) is 4.79 Å². The van der Waals surface area contributed by atoms with E-state index in [1.807, 2.05) is 0 Å². The van der Waals surface area contributed by atoms with Gasteiger partial charge < -0.3 is 20.4 Å². The Hall–Kier alpha value is -2.29. The van der Waals surface area contributed by atoms with E-state index in [9.17, 15) is 28.2 Å². The topological polar surface area (TPSA) is 72.8 Å². The normalized spacial score (nSPS) is 11.3. The molecular formula is C18H18ClF3N2O3. The molecule has 5 nitrogen and oxygen atoms in total. The second-order valence-corrected chi connectivity index (χ2v) is 6.01. The predicted octanol–water partition coefficient (Wildman–Crippen LogP) is 3.40. The average molecular weight is 403 g/mol. The standard InChI is InChI=1S/C18H18ClF3N2O3/c19-14-4-2-1-3-13(14)17(27)23-15-11-12(18(20,21)22)5-6-16(15)24(7-9-25)8-10-26/h1-6,11,25-26H,7-10H2,(H,23,27). The summed E-state index contributed by atoms with van der Waals surface area (Å²) >= 11 is 5.97. The Morgan fingerprint density at radius 3 is 2.26 bits per heavy atom. The van der Waals surface area contributed by atoms with Crippen molar-refractivity contribution in [3.8, 4) is 0 Å². The van der Waals surface area contributed by atoms with E-state index in [4.69, 9.17) is 11.6 Å². The molecule has 0 aliphatic rings. The largest absolute Gasteiger partial charge is 0.416 e. The maximum atomic E-state index is 13.1. The minimum atomic E-state index is -4.60. The Morgan fingerprint density at radius 1 is 1.07 bits per heavy atom. The predicted molar refractivity (Wildman–Crippen MR) is 97.2 cm³/mol. The van der Waals surface area contributed by atoms with Crippen LogP contribution in [-0.2, 0) is 6.18 Å². The monoisotopic (exact) mass is 402 g/mol. The molecule has 27 heavy (non-hydrogen) atoms. The van der Waals surface area contributed by atoms with Crippen LogP contribution in [-0.4, -0.2) is 42.4 Å². The van der Waals surface area contributed by atoms with Crippen LogP contribution < -0.4 is 10.2 Å². The number of anilines is 2. The van der Waals surface area contributed by atoms with E-state index < -0.39 is 17.6 Å². The third-order valence-corrected chi connectivity index (χ3v) is 4.10. The molecule has 2 aromatic carbocycles. The van der Waals surface area contributed by atoms with E-state index in [0.29, 0.717) is 0 Å². The van der Waals surface area contributed by atoms with Gasteiger partial charge in [-0.2, -0.15) is 13.2 Å². The molecule has 0 fully saturated rings. The highest BCUT2D eigenvalue weighted by Gasteiger charge is 2.31. The molecule has 0 atom stereocenters. The van der Waals surface area contributed by atoms with Crippen LogP contribution in [0, 0.1) is 0 Å². The molecule has 2 rings (SSSR count). The molecule has 0 heterocycles. The van der Waals surface area contributed by atoms with E-state index in [2.05, 4.69) is 5.32 Å². The Balaban J connectivity index is 2.46. The molecule has 0 aromatic heterocycles. The van der Waals surface area contributed by atoms with E-state index in [0.717, 1.165) is 12.1 Å². The lowest BCUT2D eigenvalue weighted by molar-refractivity contribution is -0.137. The zero-order valence-corrected chi connectivity index (χ0v) is 14.9. The fourth-order valence-electron chi connectivity index (χ4n) is 2.52. The minimum absolute atomic E-state index is 0.0703. The van der Waals surface area contributed by atoms with Crippen molar-refractivity contribution in [1.29, 1.82) is 0 Å². The summed E-state index contributed by atoms with van der Waals surface area (Å²) in [6.07, 6.45) is -4.60. The molecule has 146 valence electrons. The summed E-state index contributed by atoms with van der Waals surface area (Å²) in [6, 6.07) is 9.03. The van der Waals surface area contributed by atoms with Gasteiger partial charge >= 0.3 is 6.18 Å². The van der Waals surface area contributed by atoms with Gasteiger partial charge in [-0.25, -0.2) is 0 Å². The number of nitrogens with zero attached hydrogens (tertiary/aromatic N) is 1. The lowest BCUT2D eigenvalue weighted by Crippen LogP contribution is -2.31. The van der Waals surface area contributed by atoms with Crippen molar-refractivity contribution >= 4 is 28.9 Å². The van der Waals surface area contributed by atoms with Crippen LogP contribution in [0.25, 0.3) is 0 Å². The maximum Gasteiger partial charge on any atom is 0.416 e. The summed E-state index contributed by atoms with van der Waals surface area (Å²) in [4.78, 5) is 14.0. The van der Waals surface area contributed by atoms with Gasteiger partial charge in [0.15, 0.2) is 0 Å². The molecule has 0 saturated carbocycles. The Kier molecular flexibility index (Phi) is 7.06. The average Bonchev–Trinajstić information content (AvgIpc) is 2.61. The maximum absolute atomic E-state index is 13.1. The summed E-state index contributed by atoms with van der Waals surface area (Å²) in [5.41, 5.74) is -0.685. The Morgan fingerprint density at radius 2 is 1.70 bits per heavy atom. The molecule has 0 radical (unpaired) electrons. The number of carbonyl (C=O) groups is 1. The summed E-state index contributed by atoms with van der Waals surface area (Å²) in [7, 11) is 0. The molecule has 2 aromatic rings. The molecule has 0 unspecified atom stereocenters. The fourth-order valence-corrected chi connectivity index (χ4v) is 2.74. The molecule has 1 amide bonds. The first-order chi connectivity index (χ1) is 12.8. The molecule has 0 saturated heterocycles. The van der Waals surface area contributed by atoms with Gasteiger partial charge in [0.25, 0.3) is 5.91 Å². The number of hydrogen-bond donors (Lipinski definition) is 3. The zero-order valence-electron chi connectivity index (χ0n) is 14.1. The van der Waals surface area contributed by atoms with Crippen molar-refractivity contribution in [2.24, 2.45) is 0 Å². The van der Waals surface area contributed by atoms with Crippen molar-refractivity contribution in [3.05, 3.63) is 58.6 Å². The Labute approximate surface area is 159 Å². The number of aliphatic hydroxyl groups excluding tert-OH is 2. The lowest BCUT2D eigenvalue weighted by Gasteiger charge is -2.26. The van der Waals surface area contributed by atoms with Gasteiger partial charge in [-0.05, 0) is 30.3 Å². The molecule has 0 aliphatic carbocycles. The summed E-state index contributed by atoms with van der Waals surface area (Å²) in [6.45, 7) is -0.417. The van der Waals surface area contributed by atoms with E-state index >= 15 is 0 Å². The fraction of sp³-hybridized carbons (Fsp3) is 0.278. The highest BCUT2D eigenvalue weighted by Crippen LogP contribution is 2.36. The van der Waals surface area contributed by atoms with Crippen LogP contribution in [0.3, 0.4) is 0 Å². The number of hydrogen-bond acceptors (Lipinski definition) is 4. The molecule has 9 heteroatoms. The molecule has 3 N–H and O–H groups in total. The van der Waals surface area contributed by atoms with Crippen LogP contribution >= 0.6 is 11.6 Å². The highest BCUT2D eigenvalue weighted by atomic mass is 35.5. The molecule has 0 bridgehead atoms. The van der Waals surface area contributed by atoms with Gasteiger partial charge in [0.05, 0.1) is 40.7 Å². The van der Waals surface area contributed by atoms with Crippen LogP contribution in [0.2, 0.25) is 5.02 Å². The summed E-state index contributed by atoms with van der Waals surface area (Å²) in [5, 5.41) is 21.0. The first kappa shape index (κ1) is 21.0. The van der Waals surface area contributed by atoms with Gasteiger partial charge in [0.1, 0.15) is 0 Å². The second kappa shape index (κ2) is 9.07. The van der Waals surface area contributed by atoms with Crippen molar-refractivity contribution in [1.82, 2.24) is 0 Å². The van der Waals surface area contributed by atoms with Crippen molar-refractivity contribution in [2.45, 2.75) is 6.18 Å². The first-order valence-corrected chi connectivity index (χ1v) is 8.39. The summed E-state index contributed by atoms with van der Waals surface area (Å²) in [5.74, 6) is -0.672. The lowest BCUT2D eigenvalue weighted by atomic mass is 10.1. The van der Waals surface area contributed by atoms with Crippen LogP contribution in [0.5, 0.6) is 0 Å². The first-order valence-electron chi connectivity index (χ1n) is 8.01. The number of aliphatic hydroxyl groups is 2. The molecule has 0 spiro atoms. The minimum Gasteiger partial charge on any atom is -0.395 e. The number of nitrogens with one attached hydrogen (secondary N) is 1. The van der Waals surface area contributed by atoms with Crippen molar-refractivity contribution < 1.29 is 28.2 Å². The van der Waals surface area contributed by atoms with Gasteiger partial charge in [0, 0.05) is 13.1 Å². The van der Waals surface area contributed by atoms with Gasteiger partial charge in [-0.1, -0.05) is 23.7 Å². The number of carbonyl (C=O) groups excluding carboxylic acids is 1. The van der Waals surface area contributed by atoms with E-state index in [1.54, 1.807) is 12.1 Å². The molecular weight excluding hydrogens is 385 g/mol. The summed E-state index contributed by atoms with van der Waals surface area (Å²) < 4.78 is 39.3. The van der Waals surface area contributed by atoms with Gasteiger partial charge in [-0.15, -0.1) is 0 Å². The van der Waals surface area contributed by atoms with Crippen LogP contribution in [0.1, 0.15) is 15.9 Å². The zero-order chi connectivity index (χ0) is 20.0. The number of rotatable bonds is 7. The van der Waals surface area contributed by atoms with E-state index in [-0.39, 0.29) is 48.3 Å². The van der Waals surface area contributed by atoms with Crippen molar-refractivity contribution in [2.75, 3.05) is 36.5 Å². The van der Waals surface area contributed by atoms with Crippen molar-refractivity contribution in [3.63, 3.8) is 0 Å². The number of amides is 1. The number of halogens is 4. The SMILES string of the molecule is O=C(Nc1cc(C(F)(F)F)ccc1N(CCO)CCO)c1ccccc1Cl. The number of benzene rings is 2. The third kappa shape index (κ3) is 5.35. The highest BCUT2D eigenvalue weighted by molar-refractivity contribution is 6.34. The van der Waals surface area contributed by atoms with Gasteiger partial charge in [0.2, 0.25) is 0 Å². The second-order valence-electron chi connectivity index (χ2n) is 5.60. The third-order valence-electron chi connectivity index (χ3n) is 3.77. The number of alkyl halides is 3. The van der Waals surface area contributed by atoms with Crippen LogP contribution in [0.4, 0.5) is 24.5 Å². The Bertz CT molecular complexity index is 794. The van der Waals surface area contributed by atoms with Crippen LogP contribution in [0.15, 0.2) is 42.5 Å². The van der Waals surface area contributed by atoms with E-state index in [1.165, 1.54) is 23.1 Å². The quantitative estimate of drug-likeness (QED) is 0.663. The smallest absolute Gasteiger partial charge is 0.395 e.